The summed E-state index contributed by atoms with van der Waals surface area (Å²) < 4.78 is 17.6. The number of benzene rings is 1. The molecule has 3 fully saturated rings. The number of rotatable bonds is 6. The first-order valence-corrected chi connectivity index (χ1v) is 10.9. The standard InChI is InChI=1S/C23H35N3O3.HI/c1-23(2)20(18-11-12-28-21(18)23)26-22(24-3)25-14-15-9-10-17(27-4)13-19(15)29-16-7-5-6-8-16;/h9-10,13,16,18,20-21H,5-8,11-12,14H2,1-4H3,(H2,24,25,26);1H. The van der Waals surface area contributed by atoms with Crippen molar-refractivity contribution in [3.8, 4) is 11.5 Å². The number of halogens is 1. The number of fused-ring (bicyclic) bond motifs is 1. The maximum atomic E-state index is 6.32. The van der Waals surface area contributed by atoms with Crippen LogP contribution in [0.3, 0.4) is 0 Å². The summed E-state index contributed by atoms with van der Waals surface area (Å²) in [5.41, 5.74) is 1.24. The van der Waals surface area contributed by atoms with Gasteiger partial charge >= 0.3 is 0 Å². The molecule has 0 radical (unpaired) electrons. The largest absolute Gasteiger partial charge is 0.497 e. The topological polar surface area (TPSA) is 64.1 Å². The van der Waals surface area contributed by atoms with Crippen LogP contribution >= 0.6 is 24.0 Å². The van der Waals surface area contributed by atoms with Crippen LogP contribution in [0.2, 0.25) is 0 Å². The van der Waals surface area contributed by atoms with E-state index in [0.717, 1.165) is 48.9 Å². The summed E-state index contributed by atoms with van der Waals surface area (Å²) in [6.07, 6.45) is 6.58. The Hall–Kier alpha value is -1.22. The third-order valence-corrected chi connectivity index (χ3v) is 6.93. The van der Waals surface area contributed by atoms with Crippen molar-refractivity contribution in [3.05, 3.63) is 23.8 Å². The molecule has 2 saturated carbocycles. The molecule has 1 aromatic rings. The summed E-state index contributed by atoms with van der Waals surface area (Å²) in [6.45, 7) is 6.09. The van der Waals surface area contributed by atoms with Gasteiger partial charge in [0.2, 0.25) is 0 Å². The molecule has 0 bridgehead atoms. The van der Waals surface area contributed by atoms with E-state index in [1.807, 2.05) is 19.2 Å². The van der Waals surface area contributed by atoms with E-state index in [0.29, 0.717) is 30.7 Å². The molecule has 1 aromatic carbocycles. The fraction of sp³-hybridized carbons (Fsp3) is 0.696. The predicted molar refractivity (Wildman–Crippen MR) is 130 cm³/mol. The van der Waals surface area contributed by atoms with E-state index < -0.39 is 0 Å². The van der Waals surface area contributed by atoms with Crippen LogP contribution < -0.4 is 20.1 Å². The monoisotopic (exact) mass is 529 g/mol. The lowest BCUT2D eigenvalue weighted by Gasteiger charge is -2.54. The molecule has 0 amide bonds. The lowest BCUT2D eigenvalue weighted by molar-refractivity contribution is -0.106. The molecule has 7 heteroatoms. The van der Waals surface area contributed by atoms with Crippen LogP contribution in [0.1, 0.15) is 51.5 Å². The Kier molecular flexibility index (Phi) is 7.76. The highest BCUT2D eigenvalue weighted by atomic mass is 127. The average Bonchev–Trinajstić information content (AvgIpc) is 3.39. The van der Waals surface area contributed by atoms with Gasteiger partial charge in [0, 0.05) is 49.2 Å². The SMILES string of the molecule is CN=C(NCc1ccc(OC)cc1OC1CCCC1)NC1C2CCOC2C1(C)C.I. The van der Waals surface area contributed by atoms with E-state index in [-0.39, 0.29) is 29.4 Å². The van der Waals surface area contributed by atoms with Crippen LogP contribution in [0.4, 0.5) is 0 Å². The molecule has 2 aliphatic carbocycles. The number of methoxy groups -OCH3 is 1. The van der Waals surface area contributed by atoms with Gasteiger partial charge in [-0.3, -0.25) is 4.99 Å². The number of hydrogen-bond donors (Lipinski definition) is 2. The van der Waals surface area contributed by atoms with Crippen molar-refractivity contribution in [2.24, 2.45) is 16.3 Å². The van der Waals surface area contributed by atoms with Crippen LogP contribution in [-0.4, -0.2) is 45.0 Å². The number of ether oxygens (including phenoxy) is 3. The fourth-order valence-corrected chi connectivity index (χ4v) is 5.24. The molecule has 168 valence electrons. The summed E-state index contributed by atoms with van der Waals surface area (Å²) in [5, 5.41) is 7.13. The molecule has 3 aliphatic rings. The molecule has 4 rings (SSSR count). The first-order chi connectivity index (χ1) is 14.0. The lowest BCUT2D eigenvalue weighted by atomic mass is 9.57. The van der Waals surface area contributed by atoms with Gasteiger partial charge in [0.25, 0.3) is 0 Å². The molecule has 3 unspecified atom stereocenters. The highest BCUT2D eigenvalue weighted by Crippen LogP contribution is 2.52. The van der Waals surface area contributed by atoms with Gasteiger partial charge in [0.15, 0.2) is 5.96 Å². The van der Waals surface area contributed by atoms with Crippen LogP contribution in [-0.2, 0) is 11.3 Å². The number of nitrogens with one attached hydrogen (secondary N) is 2. The van der Waals surface area contributed by atoms with Crippen molar-refractivity contribution in [2.75, 3.05) is 20.8 Å². The quantitative estimate of drug-likeness (QED) is 0.330. The third-order valence-electron chi connectivity index (χ3n) is 6.93. The second-order valence-electron chi connectivity index (χ2n) is 9.11. The molecule has 1 saturated heterocycles. The van der Waals surface area contributed by atoms with Gasteiger partial charge in [-0.25, -0.2) is 0 Å². The van der Waals surface area contributed by atoms with E-state index in [1.54, 1.807) is 7.11 Å². The van der Waals surface area contributed by atoms with Crippen LogP contribution in [0.25, 0.3) is 0 Å². The Labute approximate surface area is 197 Å². The lowest BCUT2D eigenvalue weighted by Crippen LogP contribution is -2.67. The van der Waals surface area contributed by atoms with E-state index >= 15 is 0 Å². The van der Waals surface area contributed by atoms with Gasteiger partial charge in [0.1, 0.15) is 11.5 Å². The van der Waals surface area contributed by atoms with Crippen molar-refractivity contribution < 1.29 is 14.2 Å². The van der Waals surface area contributed by atoms with E-state index in [9.17, 15) is 0 Å². The molecule has 30 heavy (non-hydrogen) atoms. The maximum Gasteiger partial charge on any atom is 0.191 e. The zero-order valence-corrected chi connectivity index (χ0v) is 20.9. The fourth-order valence-electron chi connectivity index (χ4n) is 5.24. The zero-order chi connectivity index (χ0) is 20.4. The Morgan fingerprint density at radius 3 is 2.70 bits per heavy atom. The van der Waals surface area contributed by atoms with Crippen molar-refractivity contribution in [2.45, 2.75) is 70.7 Å². The summed E-state index contributed by atoms with van der Waals surface area (Å²) in [6, 6.07) is 6.45. The second kappa shape index (κ2) is 9.94. The second-order valence-corrected chi connectivity index (χ2v) is 9.11. The van der Waals surface area contributed by atoms with Gasteiger partial charge < -0.3 is 24.8 Å². The Morgan fingerprint density at radius 2 is 2.00 bits per heavy atom. The number of hydrogen-bond acceptors (Lipinski definition) is 4. The Morgan fingerprint density at radius 1 is 1.23 bits per heavy atom. The highest BCUT2D eigenvalue weighted by molar-refractivity contribution is 14.0. The Bertz CT molecular complexity index is 749. The molecule has 3 atom stereocenters. The van der Waals surface area contributed by atoms with Crippen molar-refractivity contribution in [1.82, 2.24) is 10.6 Å². The number of nitrogens with zero attached hydrogens (tertiary/aromatic N) is 1. The van der Waals surface area contributed by atoms with Crippen LogP contribution in [0.5, 0.6) is 11.5 Å². The molecule has 2 N–H and O–H groups in total. The molecule has 0 spiro atoms. The van der Waals surface area contributed by atoms with Gasteiger partial charge in [-0.1, -0.05) is 13.8 Å². The normalized spacial score (nSPS) is 27.6. The predicted octanol–water partition coefficient (Wildman–Crippen LogP) is 4.11. The molecule has 1 heterocycles. The summed E-state index contributed by atoms with van der Waals surface area (Å²) in [4.78, 5) is 4.46. The highest BCUT2D eigenvalue weighted by Gasteiger charge is 2.59. The first kappa shape index (κ1) is 23.4. The van der Waals surface area contributed by atoms with E-state index in [2.05, 4.69) is 35.5 Å². The summed E-state index contributed by atoms with van der Waals surface area (Å²) in [7, 11) is 3.52. The van der Waals surface area contributed by atoms with Crippen molar-refractivity contribution in [1.29, 1.82) is 0 Å². The van der Waals surface area contributed by atoms with E-state index in [4.69, 9.17) is 14.2 Å². The van der Waals surface area contributed by atoms with Crippen molar-refractivity contribution >= 4 is 29.9 Å². The zero-order valence-electron chi connectivity index (χ0n) is 18.6. The Balaban J connectivity index is 0.00000256. The molecule has 1 aliphatic heterocycles. The van der Waals surface area contributed by atoms with Gasteiger partial charge in [-0.15, -0.1) is 24.0 Å². The molecule has 0 aromatic heterocycles. The third kappa shape index (κ3) is 4.66. The van der Waals surface area contributed by atoms with Crippen LogP contribution in [0.15, 0.2) is 23.2 Å². The smallest absolute Gasteiger partial charge is 0.191 e. The van der Waals surface area contributed by atoms with Crippen molar-refractivity contribution in [3.63, 3.8) is 0 Å². The summed E-state index contributed by atoms with van der Waals surface area (Å²) >= 11 is 0. The maximum absolute atomic E-state index is 6.32. The molecular formula is C23H36IN3O3. The number of guanidine groups is 1. The van der Waals surface area contributed by atoms with E-state index in [1.165, 1.54) is 12.8 Å². The minimum Gasteiger partial charge on any atom is -0.497 e. The van der Waals surface area contributed by atoms with Crippen LogP contribution in [0, 0.1) is 11.3 Å². The minimum absolute atomic E-state index is 0. The minimum atomic E-state index is 0. The summed E-state index contributed by atoms with van der Waals surface area (Å²) in [5.74, 6) is 3.14. The van der Waals surface area contributed by atoms with Gasteiger partial charge in [0.05, 0.1) is 19.3 Å². The molecular weight excluding hydrogens is 493 g/mol. The first-order valence-electron chi connectivity index (χ1n) is 10.9. The average molecular weight is 529 g/mol. The molecule has 6 nitrogen and oxygen atoms in total. The van der Waals surface area contributed by atoms with Gasteiger partial charge in [-0.2, -0.15) is 0 Å². The number of aliphatic imine (C=N–C) groups is 1. The van der Waals surface area contributed by atoms with Gasteiger partial charge in [-0.05, 0) is 44.2 Å².